The van der Waals surface area contributed by atoms with E-state index in [1.807, 2.05) is 25.1 Å². The maximum atomic E-state index is 5.92. The second-order valence-corrected chi connectivity index (χ2v) is 4.27. The first-order valence-corrected chi connectivity index (χ1v) is 5.69. The number of benzene rings is 1. The van der Waals surface area contributed by atoms with Crippen LogP contribution in [0, 0.1) is 0 Å². The van der Waals surface area contributed by atoms with Gasteiger partial charge in [0.1, 0.15) is 0 Å². The maximum Gasteiger partial charge on any atom is 0.0409 e. The molecule has 1 N–H and O–H groups in total. The first-order valence-electron chi connectivity index (χ1n) is 4.88. The molecule has 3 heteroatoms. The highest BCUT2D eigenvalue weighted by molar-refractivity contribution is 6.30. The van der Waals surface area contributed by atoms with Crippen LogP contribution in [-0.4, -0.2) is 6.54 Å². The molecule has 0 fully saturated rings. The third-order valence-corrected chi connectivity index (χ3v) is 2.83. The lowest BCUT2D eigenvalue weighted by molar-refractivity contribution is 0.607. The summed E-state index contributed by atoms with van der Waals surface area (Å²) in [4.78, 5) is 0. The van der Waals surface area contributed by atoms with Gasteiger partial charge in [0.25, 0.3) is 0 Å². The summed E-state index contributed by atoms with van der Waals surface area (Å²) in [5, 5.41) is 4.13. The Morgan fingerprint density at radius 3 is 2.87 bits per heavy atom. The third kappa shape index (κ3) is 4.25. The molecule has 0 aliphatic carbocycles. The van der Waals surface area contributed by atoms with Gasteiger partial charge in [-0.2, -0.15) is 0 Å². The van der Waals surface area contributed by atoms with Crippen LogP contribution >= 0.6 is 23.2 Å². The summed E-state index contributed by atoms with van der Waals surface area (Å²) >= 11 is 11.5. The van der Waals surface area contributed by atoms with Gasteiger partial charge in [-0.15, -0.1) is 0 Å². The Bertz CT molecular complexity index is 347. The van der Waals surface area contributed by atoms with E-state index in [-0.39, 0.29) is 6.04 Å². The Kier molecular flexibility index (Phi) is 5.16. The zero-order valence-electron chi connectivity index (χ0n) is 8.93. The molecule has 0 aliphatic rings. The lowest BCUT2D eigenvalue weighted by atomic mass is 10.1. The Morgan fingerprint density at radius 2 is 2.27 bits per heavy atom. The van der Waals surface area contributed by atoms with Crippen molar-refractivity contribution in [2.75, 3.05) is 6.54 Å². The second-order valence-electron chi connectivity index (χ2n) is 3.61. The summed E-state index contributed by atoms with van der Waals surface area (Å²) in [5.41, 5.74) is 3.90. The summed E-state index contributed by atoms with van der Waals surface area (Å²) in [6.45, 7) is 4.88. The van der Waals surface area contributed by atoms with Crippen molar-refractivity contribution in [3.63, 3.8) is 0 Å². The molecule has 0 bridgehead atoms. The van der Waals surface area contributed by atoms with Crippen molar-refractivity contribution in [2.45, 2.75) is 19.9 Å². The number of hydrogen-bond acceptors (Lipinski definition) is 1. The molecular weight excluding hydrogens is 229 g/mol. The quantitative estimate of drug-likeness (QED) is 0.839. The predicted molar refractivity (Wildman–Crippen MR) is 67.5 cm³/mol. The van der Waals surface area contributed by atoms with E-state index >= 15 is 0 Å². The van der Waals surface area contributed by atoms with E-state index in [2.05, 4.69) is 18.3 Å². The van der Waals surface area contributed by atoms with Crippen molar-refractivity contribution < 1.29 is 0 Å². The van der Waals surface area contributed by atoms with E-state index in [4.69, 9.17) is 23.2 Å². The normalized spacial score (nSPS) is 14.0. The van der Waals surface area contributed by atoms with E-state index in [1.165, 1.54) is 5.56 Å². The van der Waals surface area contributed by atoms with Gasteiger partial charge in [0.05, 0.1) is 0 Å². The minimum atomic E-state index is 0.273. The second kappa shape index (κ2) is 6.16. The third-order valence-electron chi connectivity index (χ3n) is 2.22. The van der Waals surface area contributed by atoms with Crippen molar-refractivity contribution in [2.24, 2.45) is 0 Å². The molecule has 0 heterocycles. The first kappa shape index (κ1) is 12.6. The molecule has 0 spiro atoms. The largest absolute Gasteiger partial charge is 0.306 e. The lowest BCUT2D eigenvalue weighted by Crippen LogP contribution is -2.20. The molecular formula is C12H15Cl2N. The average molecular weight is 244 g/mol. The highest BCUT2D eigenvalue weighted by Gasteiger charge is 2.04. The molecule has 0 saturated heterocycles. The van der Waals surface area contributed by atoms with Gasteiger partial charge in [0.15, 0.2) is 0 Å². The van der Waals surface area contributed by atoms with E-state index < -0.39 is 0 Å². The van der Waals surface area contributed by atoms with Gasteiger partial charge in [-0.3, -0.25) is 0 Å². The molecule has 1 rings (SSSR count). The van der Waals surface area contributed by atoms with Gasteiger partial charge < -0.3 is 5.32 Å². The molecule has 82 valence electrons. The van der Waals surface area contributed by atoms with Crippen LogP contribution in [0.15, 0.2) is 35.4 Å². The van der Waals surface area contributed by atoms with Crippen LogP contribution in [0.4, 0.5) is 0 Å². The molecule has 0 radical (unpaired) electrons. The molecule has 1 aromatic carbocycles. The summed E-state index contributed by atoms with van der Waals surface area (Å²) < 4.78 is 0. The standard InChI is InChI=1S/C12H15Cl2N/c1-9(7-13)8-15-10(2)11-4-3-5-12(14)6-11/h3-7,10,15H,8H2,1-2H3/b9-7+/t10-/m1/s1. The van der Waals surface area contributed by atoms with Crippen LogP contribution in [0.2, 0.25) is 5.02 Å². The number of halogens is 2. The number of hydrogen-bond donors (Lipinski definition) is 1. The first-order chi connectivity index (χ1) is 7.13. The Hall–Kier alpha value is -0.500. The molecule has 0 aliphatic heterocycles. The van der Waals surface area contributed by atoms with Gasteiger partial charge in [-0.1, -0.05) is 35.3 Å². The molecule has 1 aromatic rings. The highest BCUT2D eigenvalue weighted by Crippen LogP contribution is 2.17. The summed E-state index contributed by atoms with van der Waals surface area (Å²) in [6, 6.07) is 8.14. The SMILES string of the molecule is C/C(=C\Cl)CN[C@H](C)c1cccc(Cl)c1. The van der Waals surface area contributed by atoms with Gasteiger partial charge in [0, 0.05) is 23.1 Å². The van der Waals surface area contributed by atoms with Crippen LogP contribution in [0.25, 0.3) is 0 Å². The zero-order valence-corrected chi connectivity index (χ0v) is 10.4. The van der Waals surface area contributed by atoms with Crippen molar-refractivity contribution in [3.8, 4) is 0 Å². The van der Waals surface area contributed by atoms with Gasteiger partial charge in [0.2, 0.25) is 0 Å². The number of rotatable bonds is 4. The fourth-order valence-corrected chi connectivity index (χ4v) is 1.52. The predicted octanol–water partition coefficient (Wildman–Crippen LogP) is 4.13. The lowest BCUT2D eigenvalue weighted by Gasteiger charge is -2.14. The van der Waals surface area contributed by atoms with E-state index in [9.17, 15) is 0 Å². The van der Waals surface area contributed by atoms with E-state index in [1.54, 1.807) is 5.54 Å². The fraction of sp³-hybridized carbons (Fsp3) is 0.333. The molecule has 0 aromatic heterocycles. The molecule has 0 unspecified atom stereocenters. The number of nitrogens with one attached hydrogen (secondary N) is 1. The van der Waals surface area contributed by atoms with Crippen molar-refractivity contribution in [3.05, 3.63) is 46.0 Å². The fourth-order valence-electron chi connectivity index (χ4n) is 1.25. The van der Waals surface area contributed by atoms with Crippen LogP contribution in [-0.2, 0) is 0 Å². The Labute approximate surface area is 101 Å². The van der Waals surface area contributed by atoms with Gasteiger partial charge >= 0.3 is 0 Å². The maximum absolute atomic E-state index is 5.92. The van der Waals surface area contributed by atoms with Crippen molar-refractivity contribution >= 4 is 23.2 Å². The molecule has 0 saturated carbocycles. The Balaban J connectivity index is 2.57. The summed E-state index contributed by atoms with van der Waals surface area (Å²) in [6.07, 6.45) is 0. The van der Waals surface area contributed by atoms with Crippen LogP contribution in [0.1, 0.15) is 25.5 Å². The zero-order chi connectivity index (χ0) is 11.3. The van der Waals surface area contributed by atoms with Gasteiger partial charge in [-0.25, -0.2) is 0 Å². The van der Waals surface area contributed by atoms with Gasteiger partial charge in [-0.05, 0) is 37.1 Å². The average Bonchev–Trinajstić information content (AvgIpc) is 2.25. The highest BCUT2D eigenvalue weighted by atomic mass is 35.5. The van der Waals surface area contributed by atoms with E-state index in [0.29, 0.717) is 0 Å². The van der Waals surface area contributed by atoms with Crippen LogP contribution < -0.4 is 5.32 Å². The Morgan fingerprint density at radius 1 is 1.53 bits per heavy atom. The minimum absolute atomic E-state index is 0.273. The summed E-state index contributed by atoms with van der Waals surface area (Å²) in [7, 11) is 0. The molecule has 0 amide bonds. The topological polar surface area (TPSA) is 12.0 Å². The minimum Gasteiger partial charge on any atom is -0.306 e. The smallest absolute Gasteiger partial charge is 0.0409 e. The molecule has 15 heavy (non-hydrogen) atoms. The molecule has 1 atom stereocenters. The van der Waals surface area contributed by atoms with E-state index in [0.717, 1.165) is 17.1 Å². The van der Waals surface area contributed by atoms with Crippen molar-refractivity contribution in [1.82, 2.24) is 5.32 Å². The molecule has 1 nitrogen and oxygen atoms in total. The monoisotopic (exact) mass is 243 g/mol. The van der Waals surface area contributed by atoms with Crippen LogP contribution in [0.5, 0.6) is 0 Å². The summed E-state index contributed by atoms with van der Waals surface area (Å²) in [5.74, 6) is 0. The van der Waals surface area contributed by atoms with Crippen molar-refractivity contribution in [1.29, 1.82) is 0 Å². The van der Waals surface area contributed by atoms with Crippen LogP contribution in [0.3, 0.4) is 0 Å².